The molecular formula is C24H22ClN5O3. The van der Waals surface area contributed by atoms with Crippen LogP contribution in [-0.2, 0) is 0 Å². The molecule has 4 rings (SSSR count). The SMILES string of the molecule is COc1ccccc1NC(=O)Nc1cccc(-n2c(C(C)N)nc3cccc(Cl)c3c2=O)c1. The van der Waals surface area contributed by atoms with Gasteiger partial charge in [0.1, 0.15) is 11.6 Å². The van der Waals surface area contributed by atoms with Crippen molar-refractivity contribution >= 4 is 39.9 Å². The van der Waals surface area contributed by atoms with Gasteiger partial charge in [0, 0.05) is 5.69 Å². The topological polar surface area (TPSA) is 111 Å². The van der Waals surface area contributed by atoms with Gasteiger partial charge in [-0.2, -0.15) is 0 Å². The maximum absolute atomic E-state index is 13.4. The number of aromatic nitrogens is 2. The molecule has 0 aliphatic rings. The number of nitrogens with zero attached hydrogens (tertiary/aromatic N) is 2. The number of benzene rings is 3. The number of ether oxygens (including phenoxy) is 1. The molecule has 3 aromatic carbocycles. The molecule has 0 aliphatic carbocycles. The molecule has 8 nitrogen and oxygen atoms in total. The van der Waals surface area contributed by atoms with Crippen LogP contribution in [0.5, 0.6) is 5.75 Å². The fraction of sp³-hybridized carbons (Fsp3) is 0.125. The zero-order valence-corrected chi connectivity index (χ0v) is 18.8. The molecule has 0 spiro atoms. The number of rotatable bonds is 5. The normalized spacial score (nSPS) is 11.8. The molecule has 2 amide bonds. The number of halogens is 1. The van der Waals surface area contributed by atoms with E-state index in [-0.39, 0.29) is 5.56 Å². The molecule has 0 radical (unpaired) electrons. The second-order valence-corrected chi connectivity index (χ2v) is 7.77. The monoisotopic (exact) mass is 463 g/mol. The van der Waals surface area contributed by atoms with Crippen molar-refractivity contribution in [1.29, 1.82) is 0 Å². The summed E-state index contributed by atoms with van der Waals surface area (Å²) < 4.78 is 6.68. The van der Waals surface area contributed by atoms with Gasteiger partial charge in [-0.15, -0.1) is 0 Å². The fourth-order valence-corrected chi connectivity index (χ4v) is 3.77. The molecule has 0 bridgehead atoms. The average Bonchev–Trinajstić information content (AvgIpc) is 2.79. The number of methoxy groups -OCH3 is 1. The number of nitrogens with two attached hydrogens (primary N) is 1. The maximum Gasteiger partial charge on any atom is 0.323 e. The number of para-hydroxylation sites is 2. The number of carbonyl (C=O) groups excluding carboxylic acids is 1. The van der Waals surface area contributed by atoms with Crippen LogP contribution in [0.3, 0.4) is 0 Å². The van der Waals surface area contributed by atoms with Gasteiger partial charge in [-0.05, 0) is 49.4 Å². The summed E-state index contributed by atoms with van der Waals surface area (Å²) >= 11 is 6.30. The van der Waals surface area contributed by atoms with Crippen LogP contribution in [0.25, 0.3) is 16.6 Å². The lowest BCUT2D eigenvalue weighted by Gasteiger charge is -2.17. The van der Waals surface area contributed by atoms with Crippen molar-refractivity contribution < 1.29 is 9.53 Å². The highest BCUT2D eigenvalue weighted by Gasteiger charge is 2.18. The van der Waals surface area contributed by atoms with Crippen molar-refractivity contribution in [2.45, 2.75) is 13.0 Å². The molecule has 168 valence electrons. The Bertz CT molecular complexity index is 1400. The highest BCUT2D eigenvalue weighted by Crippen LogP contribution is 2.25. The predicted molar refractivity (Wildman–Crippen MR) is 131 cm³/mol. The van der Waals surface area contributed by atoms with Gasteiger partial charge in [0.25, 0.3) is 5.56 Å². The first kappa shape index (κ1) is 22.3. The van der Waals surface area contributed by atoms with Crippen molar-refractivity contribution in [3.63, 3.8) is 0 Å². The Balaban J connectivity index is 1.71. The molecule has 1 unspecified atom stereocenters. The summed E-state index contributed by atoms with van der Waals surface area (Å²) in [5.74, 6) is 0.916. The van der Waals surface area contributed by atoms with Crippen LogP contribution < -0.4 is 26.7 Å². The van der Waals surface area contributed by atoms with Crippen molar-refractivity contribution in [2.75, 3.05) is 17.7 Å². The second kappa shape index (κ2) is 9.32. The minimum Gasteiger partial charge on any atom is -0.495 e. The molecule has 1 heterocycles. The van der Waals surface area contributed by atoms with Gasteiger partial charge < -0.3 is 21.1 Å². The standard InChI is InChI=1S/C24H22ClN5O3/c1-14(26)22-28-19-11-6-9-17(25)21(19)23(31)30(22)16-8-5-7-15(13-16)27-24(32)29-18-10-3-4-12-20(18)33-2/h3-14H,26H2,1-2H3,(H2,27,29,32). The number of fused-ring (bicyclic) bond motifs is 1. The minimum absolute atomic E-state index is 0.302. The average molecular weight is 464 g/mol. The quantitative estimate of drug-likeness (QED) is 0.397. The molecule has 0 saturated heterocycles. The molecule has 0 fully saturated rings. The minimum atomic E-state index is -0.522. The van der Waals surface area contributed by atoms with Gasteiger partial charge in [0.15, 0.2) is 0 Å². The van der Waals surface area contributed by atoms with E-state index in [9.17, 15) is 9.59 Å². The number of hydrogen-bond donors (Lipinski definition) is 3. The number of amides is 2. The number of nitrogens with one attached hydrogen (secondary N) is 2. The van der Waals surface area contributed by atoms with E-state index in [0.29, 0.717) is 44.6 Å². The first-order valence-corrected chi connectivity index (χ1v) is 10.5. The molecule has 1 aromatic heterocycles. The van der Waals surface area contributed by atoms with Crippen LogP contribution in [0.15, 0.2) is 71.5 Å². The lowest BCUT2D eigenvalue weighted by Crippen LogP contribution is -2.28. The molecule has 0 aliphatic heterocycles. The summed E-state index contributed by atoms with van der Waals surface area (Å²) in [5, 5.41) is 6.13. The van der Waals surface area contributed by atoms with Gasteiger partial charge in [0.05, 0.1) is 40.5 Å². The van der Waals surface area contributed by atoms with Crippen molar-refractivity contribution in [3.8, 4) is 11.4 Å². The molecular weight excluding hydrogens is 442 g/mol. The van der Waals surface area contributed by atoms with Gasteiger partial charge in [0.2, 0.25) is 0 Å². The summed E-state index contributed by atoms with van der Waals surface area (Å²) in [5.41, 5.74) is 7.77. The summed E-state index contributed by atoms with van der Waals surface area (Å²) in [4.78, 5) is 30.5. The smallest absolute Gasteiger partial charge is 0.323 e. The lowest BCUT2D eigenvalue weighted by atomic mass is 10.2. The van der Waals surface area contributed by atoms with Crippen LogP contribution in [0.4, 0.5) is 16.2 Å². The van der Waals surface area contributed by atoms with E-state index in [1.54, 1.807) is 67.6 Å². The van der Waals surface area contributed by atoms with Crippen molar-refractivity contribution in [1.82, 2.24) is 9.55 Å². The molecule has 4 N–H and O–H groups in total. The van der Waals surface area contributed by atoms with E-state index in [1.807, 2.05) is 6.07 Å². The molecule has 4 aromatic rings. The number of anilines is 2. The van der Waals surface area contributed by atoms with Gasteiger partial charge in [-0.3, -0.25) is 9.36 Å². The summed E-state index contributed by atoms with van der Waals surface area (Å²) in [6.07, 6.45) is 0. The first-order valence-electron chi connectivity index (χ1n) is 10.2. The Kier molecular flexibility index (Phi) is 6.30. The third kappa shape index (κ3) is 4.52. The molecule has 1 atom stereocenters. The zero-order chi connectivity index (χ0) is 23.5. The maximum atomic E-state index is 13.4. The summed E-state index contributed by atoms with van der Waals surface area (Å²) in [7, 11) is 1.53. The Morgan fingerprint density at radius 1 is 1.09 bits per heavy atom. The van der Waals surface area contributed by atoms with E-state index >= 15 is 0 Å². The Morgan fingerprint density at radius 3 is 2.61 bits per heavy atom. The Hall–Kier alpha value is -3.88. The third-order valence-electron chi connectivity index (χ3n) is 5.00. The predicted octanol–water partition coefficient (Wildman–Crippen LogP) is 4.71. The Morgan fingerprint density at radius 2 is 1.85 bits per heavy atom. The zero-order valence-electron chi connectivity index (χ0n) is 18.0. The van der Waals surface area contributed by atoms with E-state index in [4.69, 9.17) is 22.1 Å². The van der Waals surface area contributed by atoms with Crippen LogP contribution in [-0.4, -0.2) is 22.7 Å². The second-order valence-electron chi connectivity index (χ2n) is 7.36. The van der Waals surface area contributed by atoms with Gasteiger partial charge in [-0.25, -0.2) is 9.78 Å². The molecule has 9 heteroatoms. The van der Waals surface area contributed by atoms with E-state index < -0.39 is 12.1 Å². The Labute approximate surface area is 195 Å². The van der Waals surface area contributed by atoms with Crippen molar-refractivity contribution in [3.05, 3.63) is 87.9 Å². The first-order chi connectivity index (χ1) is 15.9. The number of urea groups is 1. The molecule has 33 heavy (non-hydrogen) atoms. The van der Waals surface area contributed by atoms with Crippen LogP contribution in [0.1, 0.15) is 18.8 Å². The van der Waals surface area contributed by atoms with Crippen LogP contribution in [0, 0.1) is 0 Å². The van der Waals surface area contributed by atoms with Crippen LogP contribution in [0.2, 0.25) is 5.02 Å². The summed E-state index contributed by atoms with van der Waals surface area (Å²) in [6, 6.07) is 18.0. The molecule has 0 saturated carbocycles. The number of hydrogen-bond acceptors (Lipinski definition) is 5. The van der Waals surface area contributed by atoms with Crippen LogP contribution >= 0.6 is 11.6 Å². The van der Waals surface area contributed by atoms with Gasteiger partial charge >= 0.3 is 6.03 Å². The summed E-state index contributed by atoms with van der Waals surface area (Å²) in [6.45, 7) is 1.75. The largest absolute Gasteiger partial charge is 0.495 e. The fourth-order valence-electron chi connectivity index (χ4n) is 3.52. The highest BCUT2D eigenvalue weighted by molar-refractivity contribution is 6.35. The van der Waals surface area contributed by atoms with E-state index in [0.717, 1.165) is 0 Å². The van der Waals surface area contributed by atoms with E-state index in [1.165, 1.54) is 11.7 Å². The van der Waals surface area contributed by atoms with E-state index in [2.05, 4.69) is 15.6 Å². The number of carbonyl (C=O) groups is 1. The van der Waals surface area contributed by atoms with Crippen molar-refractivity contribution in [2.24, 2.45) is 5.73 Å². The van der Waals surface area contributed by atoms with Gasteiger partial charge in [-0.1, -0.05) is 35.9 Å². The third-order valence-corrected chi connectivity index (χ3v) is 5.31. The highest BCUT2D eigenvalue weighted by atomic mass is 35.5. The lowest BCUT2D eigenvalue weighted by molar-refractivity contribution is 0.262.